The number of hydrogen-bond donors (Lipinski definition) is 0. The summed E-state index contributed by atoms with van der Waals surface area (Å²) >= 11 is 0. The lowest BCUT2D eigenvalue weighted by atomic mass is 9.76. The van der Waals surface area contributed by atoms with E-state index in [2.05, 4.69) is 77.0 Å². The molecular formula is C23H37NO3Si. The van der Waals surface area contributed by atoms with E-state index in [1.54, 1.807) is 0 Å². The van der Waals surface area contributed by atoms with Gasteiger partial charge in [-0.15, -0.1) is 0 Å². The Morgan fingerprint density at radius 1 is 1.14 bits per heavy atom. The minimum absolute atomic E-state index is 0.0756. The molecule has 0 aliphatic carbocycles. The fraction of sp³-hybridized carbons (Fsp3) is 0.696. The van der Waals surface area contributed by atoms with Crippen molar-refractivity contribution in [3.63, 3.8) is 0 Å². The Bertz CT molecular complexity index is 710. The van der Waals surface area contributed by atoms with Gasteiger partial charge < -0.3 is 9.16 Å². The van der Waals surface area contributed by atoms with Gasteiger partial charge in [0, 0.05) is 18.0 Å². The van der Waals surface area contributed by atoms with Gasteiger partial charge in [-0.05, 0) is 50.5 Å². The number of rotatable bonds is 4. The molecule has 0 radical (unpaired) electrons. The second-order valence-corrected chi connectivity index (χ2v) is 15.0. The average molecular weight is 404 g/mol. The zero-order chi connectivity index (χ0) is 20.9. The maximum Gasteiger partial charge on any atom is 0.310 e. The average Bonchev–Trinajstić information content (AvgIpc) is 2.79. The van der Waals surface area contributed by atoms with Crippen LogP contribution in [0.25, 0.3) is 0 Å². The van der Waals surface area contributed by atoms with Crippen LogP contribution >= 0.6 is 0 Å². The van der Waals surface area contributed by atoms with E-state index in [1.807, 2.05) is 0 Å². The van der Waals surface area contributed by atoms with Gasteiger partial charge >= 0.3 is 5.97 Å². The molecule has 28 heavy (non-hydrogen) atoms. The lowest BCUT2D eigenvalue weighted by Gasteiger charge is -2.44. The van der Waals surface area contributed by atoms with Crippen LogP contribution in [0.3, 0.4) is 0 Å². The molecular weight excluding hydrogens is 366 g/mol. The highest BCUT2D eigenvalue weighted by molar-refractivity contribution is 6.74. The van der Waals surface area contributed by atoms with Gasteiger partial charge in [-0.25, -0.2) is 0 Å². The molecule has 0 amide bonds. The summed E-state index contributed by atoms with van der Waals surface area (Å²) in [7, 11) is 1.75. The summed E-state index contributed by atoms with van der Waals surface area (Å²) in [6.45, 7) is 13.5. The van der Waals surface area contributed by atoms with Crippen LogP contribution in [-0.4, -0.2) is 51.5 Å². The summed E-state index contributed by atoms with van der Waals surface area (Å²) in [6.07, 6.45) is 2.08. The molecule has 2 saturated heterocycles. The van der Waals surface area contributed by atoms with Gasteiger partial charge in [-0.2, -0.15) is 0 Å². The smallest absolute Gasteiger partial charge is 0.310 e. The molecule has 0 unspecified atom stereocenters. The van der Waals surface area contributed by atoms with E-state index >= 15 is 0 Å². The summed E-state index contributed by atoms with van der Waals surface area (Å²) in [4.78, 5) is 15.4. The number of nitrogens with zero attached hydrogens (tertiary/aromatic N) is 1. The standard InChI is InChI=1S/C23H37NO3Si/c1-15-9-11-16(12-10-15)18-13-17-14-19(27-28(7,8)23(2,3)4)21(24(17)5)20(18)22(25)26-6/h9-12,17-21H,13-14H2,1-8H3/t17-,18+,19+,20-,21-/m1/s1. The number of piperidine rings is 1. The molecule has 2 bridgehead atoms. The molecule has 2 fully saturated rings. The van der Waals surface area contributed by atoms with Crippen molar-refractivity contribution >= 4 is 14.3 Å². The molecule has 1 aromatic carbocycles. The first-order valence-electron chi connectivity index (χ1n) is 10.5. The van der Waals surface area contributed by atoms with Crippen LogP contribution in [0.4, 0.5) is 0 Å². The first-order valence-corrected chi connectivity index (χ1v) is 13.4. The highest BCUT2D eigenvalue weighted by atomic mass is 28.4. The van der Waals surface area contributed by atoms with Crippen molar-refractivity contribution in [3.8, 4) is 0 Å². The zero-order valence-electron chi connectivity index (χ0n) is 18.8. The summed E-state index contributed by atoms with van der Waals surface area (Å²) in [6, 6.07) is 9.19. The molecule has 0 aromatic heterocycles. The third-order valence-electron chi connectivity index (χ3n) is 7.49. The number of carbonyl (C=O) groups is 1. The molecule has 1 aromatic rings. The number of hydrogen-bond acceptors (Lipinski definition) is 4. The van der Waals surface area contributed by atoms with Crippen molar-refractivity contribution in [3.05, 3.63) is 35.4 Å². The van der Waals surface area contributed by atoms with Crippen LogP contribution < -0.4 is 0 Å². The van der Waals surface area contributed by atoms with Gasteiger partial charge in [0.05, 0.1) is 19.1 Å². The number of aryl methyl sites for hydroxylation is 1. The predicted molar refractivity (Wildman–Crippen MR) is 116 cm³/mol. The van der Waals surface area contributed by atoms with Gasteiger partial charge in [0.2, 0.25) is 0 Å². The summed E-state index contributed by atoms with van der Waals surface area (Å²) in [5, 5.41) is 0.152. The molecule has 5 heteroatoms. The summed E-state index contributed by atoms with van der Waals surface area (Å²) in [5.41, 5.74) is 2.49. The Hall–Kier alpha value is -1.17. The van der Waals surface area contributed by atoms with Gasteiger partial charge in [0.1, 0.15) is 0 Å². The number of likely N-dealkylation sites (N-methyl/N-ethyl adjacent to an activating group) is 1. The van der Waals surface area contributed by atoms with Crippen LogP contribution in [0.1, 0.15) is 50.7 Å². The minimum Gasteiger partial charge on any atom is -0.469 e. The van der Waals surface area contributed by atoms with Crippen molar-refractivity contribution < 1.29 is 14.0 Å². The number of esters is 1. The Kier molecular flexibility index (Phi) is 5.83. The van der Waals surface area contributed by atoms with Crippen molar-refractivity contribution in [2.24, 2.45) is 5.92 Å². The van der Waals surface area contributed by atoms with Crippen molar-refractivity contribution in [1.29, 1.82) is 0 Å². The normalized spacial score (nSPS) is 31.1. The third-order valence-corrected chi connectivity index (χ3v) is 12.0. The van der Waals surface area contributed by atoms with Gasteiger partial charge in [-0.1, -0.05) is 50.6 Å². The number of fused-ring (bicyclic) bond motifs is 2. The van der Waals surface area contributed by atoms with Crippen LogP contribution in [0.5, 0.6) is 0 Å². The molecule has 2 aliphatic heterocycles. The Balaban J connectivity index is 1.95. The maximum absolute atomic E-state index is 13.0. The van der Waals surface area contributed by atoms with Crippen molar-refractivity contribution in [2.45, 2.75) is 82.8 Å². The topological polar surface area (TPSA) is 38.8 Å². The first-order chi connectivity index (χ1) is 13.0. The largest absolute Gasteiger partial charge is 0.469 e. The number of carbonyl (C=O) groups excluding carboxylic acids is 1. The van der Waals surface area contributed by atoms with Crippen molar-refractivity contribution in [1.82, 2.24) is 4.90 Å². The summed E-state index contributed by atoms with van der Waals surface area (Å²) < 4.78 is 12.2. The van der Waals surface area contributed by atoms with Crippen LogP contribution in [0.2, 0.25) is 18.1 Å². The van der Waals surface area contributed by atoms with Gasteiger partial charge in [0.25, 0.3) is 0 Å². The molecule has 156 valence electrons. The number of ether oxygens (including phenoxy) is 1. The monoisotopic (exact) mass is 403 g/mol. The second-order valence-electron chi connectivity index (χ2n) is 10.3. The molecule has 4 nitrogen and oxygen atoms in total. The van der Waals surface area contributed by atoms with Crippen LogP contribution in [-0.2, 0) is 14.0 Å². The Labute approximate surface area is 171 Å². The minimum atomic E-state index is -1.92. The van der Waals surface area contributed by atoms with E-state index < -0.39 is 8.32 Å². The predicted octanol–water partition coefficient (Wildman–Crippen LogP) is 4.73. The lowest BCUT2D eigenvalue weighted by Crippen LogP contribution is -2.54. The van der Waals surface area contributed by atoms with Gasteiger partial charge in [0.15, 0.2) is 8.32 Å². The molecule has 2 aliphatic rings. The molecule has 5 atom stereocenters. The van der Waals surface area contributed by atoms with Crippen molar-refractivity contribution in [2.75, 3.05) is 14.2 Å². The van der Waals surface area contributed by atoms with E-state index in [0.717, 1.165) is 12.8 Å². The maximum atomic E-state index is 13.0. The molecule has 0 N–H and O–H groups in total. The van der Waals surface area contributed by atoms with Crippen LogP contribution in [0.15, 0.2) is 24.3 Å². The molecule has 3 rings (SSSR count). The quantitative estimate of drug-likeness (QED) is 0.538. The highest BCUT2D eigenvalue weighted by Gasteiger charge is 2.56. The van der Waals surface area contributed by atoms with E-state index in [1.165, 1.54) is 18.2 Å². The highest BCUT2D eigenvalue weighted by Crippen LogP contribution is 2.49. The van der Waals surface area contributed by atoms with Crippen LogP contribution in [0, 0.1) is 12.8 Å². The second kappa shape index (κ2) is 7.58. The van der Waals surface area contributed by atoms with E-state index in [9.17, 15) is 4.79 Å². The first kappa shape index (κ1) is 21.5. The van der Waals surface area contributed by atoms with E-state index in [-0.39, 0.29) is 35.0 Å². The fourth-order valence-electron chi connectivity index (χ4n) is 4.77. The Morgan fingerprint density at radius 2 is 1.75 bits per heavy atom. The Morgan fingerprint density at radius 3 is 2.29 bits per heavy atom. The SMILES string of the molecule is COC(=O)[C@H]1[C@H]2[C@@H](O[Si](C)(C)C(C)(C)C)C[C@@H](C[C@H]1c1ccc(C)cc1)N2C. The molecule has 2 heterocycles. The lowest BCUT2D eigenvalue weighted by molar-refractivity contribution is -0.151. The molecule has 0 spiro atoms. The zero-order valence-corrected chi connectivity index (χ0v) is 19.8. The summed E-state index contributed by atoms with van der Waals surface area (Å²) in [5.74, 6) is -0.106. The fourth-order valence-corrected chi connectivity index (χ4v) is 6.12. The van der Waals surface area contributed by atoms with E-state index in [0.29, 0.717) is 6.04 Å². The van der Waals surface area contributed by atoms with Gasteiger partial charge in [-0.3, -0.25) is 9.69 Å². The number of methoxy groups -OCH3 is 1. The number of benzene rings is 1. The molecule has 0 saturated carbocycles. The van der Waals surface area contributed by atoms with E-state index in [4.69, 9.17) is 9.16 Å². The third kappa shape index (κ3) is 3.81.